The van der Waals surface area contributed by atoms with E-state index in [0.717, 1.165) is 18.2 Å². The van der Waals surface area contributed by atoms with E-state index in [1.54, 1.807) is 0 Å². The fourth-order valence-electron chi connectivity index (χ4n) is 3.68. The van der Waals surface area contributed by atoms with E-state index in [1.165, 1.54) is 65.3 Å². The lowest BCUT2D eigenvalue weighted by Gasteiger charge is -2.15. The number of hydrogen-bond donors (Lipinski definition) is 1. The second-order valence-corrected chi connectivity index (χ2v) is 10.6. The van der Waals surface area contributed by atoms with Crippen molar-refractivity contribution in [2.24, 2.45) is 0 Å². The Bertz CT molecular complexity index is 1880. The lowest BCUT2D eigenvalue weighted by atomic mass is 10.0. The molecule has 0 unspecified atom stereocenters. The molecule has 0 fully saturated rings. The number of pyridine rings is 1. The van der Waals surface area contributed by atoms with Crippen LogP contribution in [0.3, 0.4) is 0 Å². The standard InChI is InChI=1S/C26H14F4N6O3S2/c27-21-6-15(1-3-20(21)26(28,29)30)22-7-19(17-9-32-13-33-10-17)24(11-34-22)39-23-4-2-18(5-16(23)8-31)41(37,38)36-25-12-40-14-35-25/h1-7,9-14,36H. The molecule has 0 aliphatic rings. The summed E-state index contributed by atoms with van der Waals surface area (Å²) in [6, 6.07) is 9.44. The van der Waals surface area contributed by atoms with Gasteiger partial charge in [-0.2, -0.15) is 18.4 Å². The maximum absolute atomic E-state index is 14.3. The van der Waals surface area contributed by atoms with Crippen molar-refractivity contribution in [2.45, 2.75) is 11.1 Å². The molecule has 2 aromatic carbocycles. The Morgan fingerprint density at radius 1 is 0.951 bits per heavy atom. The van der Waals surface area contributed by atoms with Gasteiger partial charge in [0.1, 0.15) is 24.0 Å². The molecular formula is C26H14F4N6O3S2. The summed E-state index contributed by atoms with van der Waals surface area (Å²) in [5.41, 5.74) is 0.867. The smallest absolute Gasteiger partial charge is 0.419 e. The Kier molecular flexibility index (Phi) is 7.35. The summed E-state index contributed by atoms with van der Waals surface area (Å²) in [6.45, 7) is 0. The van der Waals surface area contributed by atoms with Crippen LogP contribution < -0.4 is 9.46 Å². The lowest BCUT2D eigenvalue weighted by Crippen LogP contribution is -2.13. The highest BCUT2D eigenvalue weighted by Crippen LogP contribution is 2.38. The van der Waals surface area contributed by atoms with Gasteiger partial charge in [0.05, 0.1) is 33.4 Å². The van der Waals surface area contributed by atoms with Crippen molar-refractivity contribution >= 4 is 27.2 Å². The van der Waals surface area contributed by atoms with Crippen molar-refractivity contribution in [3.05, 3.63) is 95.2 Å². The number of aromatic nitrogens is 4. The summed E-state index contributed by atoms with van der Waals surface area (Å²) < 4.78 is 87.0. The summed E-state index contributed by atoms with van der Waals surface area (Å²) in [4.78, 5) is 15.8. The predicted octanol–water partition coefficient (Wildman–Crippen LogP) is 6.28. The minimum atomic E-state index is -4.86. The number of ether oxygens (including phenoxy) is 1. The average Bonchev–Trinajstić information content (AvgIpc) is 3.45. The molecule has 41 heavy (non-hydrogen) atoms. The first kappa shape index (κ1) is 27.6. The van der Waals surface area contributed by atoms with Crippen molar-refractivity contribution < 1.29 is 30.7 Å². The molecule has 0 bridgehead atoms. The largest absolute Gasteiger partial charge is 0.454 e. The van der Waals surface area contributed by atoms with Crippen LogP contribution in [0.15, 0.2) is 83.2 Å². The van der Waals surface area contributed by atoms with Crippen molar-refractivity contribution in [3.8, 4) is 40.0 Å². The molecule has 0 radical (unpaired) electrons. The fraction of sp³-hybridized carbons (Fsp3) is 0.0385. The Morgan fingerprint density at radius 3 is 2.39 bits per heavy atom. The Hall–Kier alpha value is -4.94. The number of hydrogen-bond acceptors (Lipinski definition) is 9. The van der Waals surface area contributed by atoms with Crippen LogP contribution >= 0.6 is 11.3 Å². The molecule has 0 saturated carbocycles. The second kappa shape index (κ2) is 10.9. The number of halogens is 4. The summed E-state index contributed by atoms with van der Waals surface area (Å²) in [5.74, 6) is -1.25. The zero-order valence-electron chi connectivity index (χ0n) is 20.3. The number of thiazole rings is 1. The molecule has 15 heteroatoms. The van der Waals surface area contributed by atoms with Crippen LogP contribution in [0.4, 0.5) is 23.4 Å². The van der Waals surface area contributed by atoms with E-state index in [4.69, 9.17) is 4.74 Å². The highest BCUT2D eigenvalue weighted by molar-refractivity contribution is 7.92. The second-order valence-electron chi connectivity index (χ2n) is 8.24. The molecule has 3 aromatic heterocycles. The number of alkyl halides is 3. The molecule has 5 aromatic rings. The van der Waals surface area contributed by atoms with E-state index >= 15 is 0 Å². The fourth-order valence-corrected chi connectivity index (χ4v) is 5.26. The maximum Gasteiger partial charge on any atom is 0.419 e. The molecule has 0 atom stereocenters. The quantitative estimate of drug-likeness (QED) is 0.217. The van der Waals surface area contributed by atoms with Gasteiger partial charge in [-0.15, -0.1) is 11.3 Å². The Balaban J connectivity index is 1.52. The number of rotatable bonds is 7. The topological polar surface area (TPSA) is 131 Å². The van der Waals surface area contributed by atoms with E-state index in [2.05, 4.69) is 24.7 Å². The number of sulfonamides is 1. The van der Waals surface area contributed by atoms with Gasteiger partial charge in [0.2, 0.25) is 0 Å². The van der Waals surface area contributed by atoms with Crippen LogP contribution in [-0.4, -0.2) is 28.4 Å². The van der Waals surface area contributed by atoms with Gasteiger partial charge in [-0.3, -0.25) is 9.71 Å². The van der Waals surface area contributed by atoms with E-state index in [0.29, 0.717) is 17.2 Å². The molecule has 1 N–H and O–H groups in total. The van der Waals surface area contributed by atoms with Crippen LogP contribution in [0.2, 0.25) is 0 Å². The number of nitrogens with one attached hydrogen (secondary N) is 1. The molecule has 3 heterocycles. The van der Waals surface area contributed by atoms with Gasteiger partial charge >= 0.3 is 6.18 Å². The molecule has 0 aliphatic carbocycles. The van der Waals surface area contributed by atoms with E-state index in [-0.39, 0.29) is 39.0 Å². The summed E-state index contributed by atoms with van der Waals surface area (Å²) >= 11 is 1.20. The first-order valence-corrected chi connectivity index (χ1v) is 13.7. The third kappa shape index (κ3) is 5.98. The average molecular weight is 599 g/mol. The molecule has 9 nitrogen and oxygen atoms in total. The number of nitriles is 1. The van der Waals surface area contributed by atoms with Crippen molar-refractivity contribution in [3.63, 3.8) is 0 Å². The van der Waals surface area contributed by atoms with Crippen LogP contribution in [0.5, 0.6) is 11.5 Å². The zero-order valence-corrected chi connectivity index (χ0v) is 21.9. The minimum absolute atomic E-state index is 0.00617. The first-order valence-electron chi connectivity index (χ1n) is 11.3. The van der Waals surface area contributed by atoms with E-state index in [1.807, 2.05) is 6.07 Å². The third-order valence-electron chi connectivity index (χ3n) is 5.58. The normalized spacial score (nSPS) is 11.6. The van der Waals surface area contributed by atoms with Crippen LogP contribution in [0, 0.1) is 17.1 Å². The molecule has 206 valence electrons. The van der Waals surface area contributed by atoms with Gasteiger partial charge < -0.3 is 4.74 Å². The summed E-state index contributed by atoms with van der Waals surface area (Å²) in [6.07, 6.45) is 0.548. The van der Waals surface area contributed by atoms with Crippen molar-refractivity contribution in [1.82, 2.24) is 19.9 Å². The summed E-state index contributed by atoms with van der Waals surface area (Å²) in [7, 11) is -4.05. The maximum atomic E-state index is 14.3. The molecule has 0 saturated heterocycles. The van der Waals surface area contributed by atoms with Gasteiger partial charge in [-0.1, -0.05) is 6.07 Å². The monoisotopic (exact) mass is 598 g/mol. The van der Waals surface area contributed by atoms with Gasteiger partial charge in [-0.05, 0) is 36.4 Å². The van der Waals surface area contributed by atoms with Gasteiger partial charge in [-0.25, -0.2) is 27.8 Å². The van der Waals surface area contributed by atoms with Crippen molar-refractivity contribution in [2.75, 3.05) is 4.72 Å². The highest BCUT2D eigenvalue weighted by atomic mass is 32.2. The summed E-state index contributed by atoms with van der Waals surface area (Å²) in [5, 5.41) is 11.2. The number of anilines is 1. The SMILES string of the molecule is N#Cc1cc(S(=O)(=O)Nc2cscn2)ccc1Oc1cnc(-c2ccc(C(F)(F)F)c(F)c2)cc1-c1cncnc1. The molecule has 5 rings (SSSR count). The third-order valence-corrected chi connectivity index (χ3v) is 7.52. The number of benzene rings is 2. The molecular weight excluding hydrogens is 584 g/mol. The molecule has 0 amide bonds. The van der Waals surface area contributed by atoms with E-state index in [9.17, 15) is 31.2 Å². The number of nitrogens with zero attached hydrogens (tertiary/aromatic N) is 5. The van der Waals surface area contributed by atoms with Crippen LogP contribution in [0.25, 0.3) is 22.4 Å². The lowest BCUT2D eigenvalue weighted by molar-refractivity contribution is -0.139. The first-order chi connectivity index (χ1) is 19.5. The van der Waals surface area contributed by atoms with Crippen molar-refractivity contribution in [1.29, 1.82) is 5.26 Å². The van der Waals surface area contributed by atoms with Gasteiger partial charge in [0, 0.05) is 34.5 Å². The molecule has 0 spiro atoms. The zero-order chi connectivity index (χ0) is 29.2. The van der Waals surface area contributed by atoms with Crippen LogP contribution in [0.1, 0.15) is 11.1 Å². The van der Waals surface area contributed by atoms with Gasteiger partial charge in [0.25, 0.3) is 10.0 Å². The minimum Gasteiger partial charge on any atom is -0.454 e. The Labute approximate surface area is 233 Å². The van der Waals surface area contributed by atoms with E-state index < -0.39 is 27.6 Å². The molecule has 0 aliphatic heterocycles. The highest BCUT2D eigenvalue weighted by Gasteiger charge is 2.34. The Morgan fingerprint density at radius 2 is 1.73 bits per heavy atom. The predicted molar refractivity (Wildman–Crippen MR) is 140 cm³/mol. The van der Waals surface area contributed by atoms with Gasteiger partial charge in [0.15, 0.2) is 11.6 Å². The van der Waals surface area contributed by atoms with Crippen LogP contribution in [-0.2, 0) is 16.2 Å².